The molecule has 210 valence electrons. The lowest BCUT2D eigenvalue weighted by atomic mass is 9.61. The molecule has 0 aliphatic heterocycles. The quantitative estimate of drug-likeness (QED) is 0.401. The summed E-state index contributed by atoms with van der Waals surface area (Å²) in [5.41, 5.74) is 2.97. The summed E-state index contributed by atoms with van der Waals surface area (Å²) in [7, 11) is -3.39. The van der Waals surface area contributed by atoms with Crippen molar-refractivity contribution in [2.24, 2.45) is 23.2 Å². The minimum atomic E-state index is -3.39. The maximum absolute atomic E-state index is 13.1. The molecule has 3 fully saturated rings. The highest BCUT2D eigenvalue weighted by atomic mass is 32.2. The number of benzene rings is 1. The van der Waals surface area contributed by atoms with Crippen molar-refractivity contribution in [1.29, 1.82) is 0 Å². The molecule has 1 aromatic rings. The van der Waals surface area contributed by atoms with Gasteiger partial charge in [0.15, 0.2) is 9.84 Å². The summed E-state index contributed by atoms with van der Waals surface area (Å²) in [6.07, 6.45) is 10.2. The number of hydrogen-bond donors (Lipinski definition) is 3. The van der Waals surface area contributed by atoms with Gasteiger partial charge in [-0.1, -0.05) is 50.3 Å². The molecule has 3 N–H and O–H groups in total. The molecule has 0 spiro atoms. The molecule has 6 heteroatoms. The molecule has 5 nitrogen and oxygen atoms in total. The fourth-order valence-electron chi connectivity index (χ4n) is 7.41. The number of fused-ring (bicyclic) bond motifs is 1. The lowest BCUT2D eigenvalue weighted by Crippen LogP contribution is -2.36. The van der Waals surface area contributed by atoms with Crippen LogP contribution >= 0.6 is 0 Å². The van der Waals surface area contributed by atoms with Crippen LogP contribution in [-0.4, -0.2) is 41.7 Å². The number of sulfone groups is 1. The lowest BCUT2D eigenvalue weighted by Gasteiger charge is -2.44. The minimum absolute atomic E-state index is 0.134. The van der Waals surface area contributed by atoms with Gasteiger partial charge in [0.25, 0.3) is 0 Å². The van der Waals surface area contributed by atoms with Crippen LogP contribution in [0.5, 0.6) is 0 Å². The van der Waals surface area contributed by atoms with E-state index in [9.17, 15) is 23.7 Å². The normalized spacial score (nSPS) is 33.5. The van der Waals surface area contributed by atoms with Crippen molar-refractivity contribution in [2.75, 3.05) is 5.75 Å². The molecule has 0 radical (unpaired) electrons. The average Bonchev–Trinajstić information content (AvgIpc) is 3.21. The number of hydrogen-bond acceptors (Lipinski definition) is 5. The van der Waals surface area contributed by atoms with Crippen molar-refractivity contribution in [1.82, 2.24) is 0 Å². The van der Waals surface area contributed by atoms with Gasteiger partial charge in [0.2, 0.25) is 0 Å². The SMILES string of the molecule is C=C1/C(=C\C=C2/CCC[C@]3(C)[C@@H]([C@H](C)CCS(=O)(=O)c4ccc(C(C)(C)O)cc4)CC[C@@H]23)C[C@H](O)C[C@H]1O. The van der Waals surface area contributed by atoms with Gasteiger partial charge < -0.3 is 15.3 Å². The second-order valence-corrected chi connectivity index (χ2v) is 14.9. The molecule has 6 atom stereocenters. The Morgan fingerprint density at radius 3 is 2.50 bits per heavy atom. The molecule has 0 aromatic heterocycles. The third kappa shape index (κ3) is 6.04. The second-order valence-electron chi connectivity index (χ2n) is 12.8. The zero-order valence-electron chi connectivity index (χ0n) is 23.5. The number of aliphatic hydroxyl groups is 3. The second kappa shape index (κ2) is 11.0. The van der Waals surface area contributed by atoms with E-state index in [1.54, 1.807) is 38.1 Å². The summed E-state index contributed by atoms with van der Waals surface area (Å²) in [4.78, 5) is 0.323. The van der Waals surface area contributed by atoms with E-state index in [-0.39, 0.29) is 11.2 Å². The summed E-state index contributed by atoms with van der Waals surface area (Å²) in [5.74, 6) is 1.40. The highest BCUT2D eigenvalue weighted by Crippen LogP contribution is 2.59. The zero-order chi connectivity index (χ0) is 27.9. The average molecular weight is 543 g/mol. The van der Waals surface area contributed by atoms with Crippen LogP contribution in [0.1, 0.15) is 84.6 Å². The summed E-state index contributed by atoms with van der Waals surface area (Å²) in [6, 6.07) is 6.64. The molecule has 1 aromatic carbocycles. The first-order valence-corrected chi connectivity index (χ1v) is 15.9. The van der Waals surface area contributed by atoms with Crippen LogP contribution in [0.3, 0.4) is 0 Å². The molecular formula is C32H46O5S. The van der Waals surface area contributed by atoms with Crippen molar-refractivity contribution >= 4 is 9.84 Å². The summed E-state index contributed by atoms with van der Waals surface area (Å²) in [6.45, 7) is 12.1. The van der Waals surface area contributed by atoms with Gasteiger partial charge in [0.05, 0.1) is 28.5 Å². The monoisotopic (exact) mass is 542 g/mol. The lowest BCUT2D eigenvalue weighted by molar-refractivity contribution is 0.0785. The van der Waals surface area contributed by atoms with E-state index in [2.05, 4.69) is 32.6 Å². The molecule has 0 amide bonds. The molecule has 0 bridgehead atoms. The smallest absolute Gasteiger partial charge is 0.178 e. The van der Waals surface area contributed by atoms with Gasteiger partial charge in [-0.15, -0.1) is 0 Å². The fourth-order valence-corrected chi connectivity index (χ4v) is 8.88. The van der Waals surface area contributed by atoms with E-state index in [4.69, 9.17) is 0 Å². The topological polar surface area (TPSA) is 94.8 Å². The van der Waals surface area contributed by atoms with E-state index in [0.717, 1.165) is 43.3 Å². The minimum Gasteiger partial charge on any atom is -0.393 e. The predicted molar refractivity (Wildman–Crippen MR) is 152 cm³/mol. The van der Waals surface area contributed by atoms with Gasteiger partial charge >= 0.3 is 0 Å². The molecule has 3 saturated carbocycles. The Bertz CT molecular complexity index is 1190. The van der Waals surface area contributed by atoms with Gasteiger partial charge in [0.1, 0.15) is 0 Å². The standard InChI is InChI=1S/C32H46O5S/c1-21(16-18-38(36,37)27-12-10-25(11-13-27)31(3,4)35)28-14-15-29-23(7-6-17-32(28,29)5)8-9-24-19-26(33)20-30(34)22(24)2/h8-13,21,26,28-30,33-35H,2,6-7,14-20H2,1,3-5H3/b23-8+,24-9-/t21-,26+,28-,29+,30-,32-/m1/s1. The Morgan fingerprint density at radius 2 is 1.84 bits per heavy atom. The van der Waals surface area contributed by atoms with E-state index < -0.39 is 27.6 Å². The molecule has 0 heterocycles. The van der Waals surface area contributed by atoms with E-state index in [1.165, 1.54) is 5.57 Å². The van der Waals surface area contributed by atoms with Crippen LogP contribution in [0.15, 0.2) is 64.6 Å². The summed E-state index contributed by atoms with van der Waals surface area (Å²) < 4.78 is 26.2. The maximum Gasteiger partial charge on any atom is 0.178 e. The highest BCUT2D eigenvalue weighted by molar-refractivity contribution is 7.91. The number of aliphatic hydroxyl groups excluding tert-OH is 2. The van der Waals surface area contributed by atoms with Crippen LogP contribution in [0, 0.1) is 23.2 Å². The van der Waals surface area contributed by atoms with Crippen LogP contribution < -0.4 is 0 Å². The van der Waals surface area contributed by atoms with E-state index >= 15 is 0 Å². The first kappa shape index (κ1) is 29.3. The van der Waals surface area contributed by atoms with Gasteiger partial charge in [-0.2, -0.15) is 0 Å². The number of rotatable bonds is 7. The molecule has 0 saturated heterocycles. The third-order valence-corrected chi connectivity index (χ3v) is 11.5. The Kier molecular flexibility index (Phi) is 8.50. The van der Waals surface area contributed by atoms with Gasteiger partial charge in [-0.05, 0) is 111 Å². The van der Waals surface area contributed by atoms with Crippen LogP contribution in [0.25, 0.3) is 0 Å². The van der Waals surface area contributed by atoms with E-state index in [0.29, 0.717) is 47.5 Å². The van der Waals surface area contributed by atoms with Crippen molar-refractivity contribution < 1.29 is 23.7 Å². The zero-order valence-corrected chi connectivity index (χ0v) is 24.3. The molecule has 3 aliphatic rings. The van der Waals surface area contributed by atoms with Gasteiger partial charge in [-0.25, -0.2) is 8.42 Å². The highest BCUT2D eigenvalue weighted by Gasteiger charge is 2.50. The van der Waals surface area contributed by atoms with Crippen LogP contribution in [-0.2, 0) is 15.4 Å². The van der Waals surface area contributed by atoms with Crippen LogP contribution in [0.4, 0.5) is 0 Å². The predicted octanol–water partition coefficient (Wildman–Crippen LogP) is 5.85. The molecule has 38 heavy (non-hydrogen) atoms. The first-order valence-electron chi connectivity index (χ1n) is 14.2. The third-order valence-electron chi connectivity index (χ3n) is 9.75. The fraction of sp³-hybridized carbons (Fsp3) is 0.625. The van der Waals surface area contributed by atoms with Gasteiger partial charge in [-0.3, -0.25) is 0 Å². The van der Waals surface area contributed by atoms with Crippen molar-refractivity contribution in [2.45, 2.75) is 102 Å². The Balaban J connectivity index is 1.44. The van der Waals surface area contributed by atoms with Crippen LogP contribution in [0.2, 0.25) is 0 Å². The molecule has 3 aliphatic carbocycles. The maximum atomic E-state index is 13.1. The molecule has 0 unspecified atom stereocenters. The van der Waals surface area contributed by atoms with Crippen molar-refractivity contribution in [3.63, 3.8) is 0 Å². The largest absolute Gasteiger partial charge is 0.393 e. The summed E-state index contributed by atoms with van der Waals surface area (Å²) >= 11 is 0. The Morgan fingerprint density at radius 1 is 1.16 bits per heavy atom. The van der Waals surface area contributed by atoms with E-state index in [1.807, 2.05) is 0 Å². The van der Waals surface area contributed by atoms with Gasteiger partial charge in [0, 0.05) is 6.42 Å². The Labute approximate surface area is 229 Å². The van der Waals surface area contributed by atoms with Crippen molar-refractivity contribution in [3.05, 3.63) is 65.3 Å². The Hall–Kier alpha value is -1.73. The molecular weight excluding hydrogens is 496 g/mol. The molecule has 4 rings (SSSR count). The van der Waals surface area contributed by atoms with Crippen molar-refractivity contribution in [3.8, 4) is 0 Å². The summed E-state index contributed by atoms with van der Waals surface area (Å²) in [5, 5.41) is 30.5. The number of allylic oxidation sites excluding steroid dienone is 3. The first-order chi connectivity index (χ1) is 17.7.